The van der Waals surface area contributed by atoms with Gasteiger partial charge in [0.2, 0.25) is 0 Å². The lowest BCUT2D eigenvalue weighted by molar-refractivity contribution is -0.173. The SMILES string of the molecule is O=[C]CCNC(=O)C(F)(F)F. The molecule has 0 aromatic rings. The van der Waals surface area contributed by atoms with Gasteiger partial charge in [0.25, 0.3) is 0 Å². The maximum atomic E-state index is 11.4. The summed E-state index contributed by atoms with van der Waals surface area (Å²) in [5.74, 6) is -2.03. The maximum Gasteiger partial charge on any atom is 0.471 e. The third-order valence-electron chi connectivity index (χ3n) is 0.770. The Kier molecular flexibility index (Phi) is 3.56. The number of hydrogen-bond acceptors (Lipinski definition) is 2. The van der Waals surface area contributed by atoms with Crippen molar-refractivity contribution >= 4 is 12.2 Å². The van der Waals surface area contributed by atoms with Gasteiger partial charge >= 0.3 is 12.1 Å². The number of carbonyl (C=O) groups excluding carboxylic acids is 2. The predicted octanol–water partition coefficient (Wildman–Crippen LogP) is 0.165. The highest BCUT2D eigenvalue weighted by Crippen LogP contribution is 2.13. The van der Waals surface area contributed by atoms with Gasteiger partial charge in [-0.05, 0) is 0 Å². The summed E-state index contributed by atoms with van der Waals surface area (Å²) in [6, 6.07) is 0. The van der Waals surface area contributed by atoms with Crippen LogP contribution in [0.4, 0.5) is 13.2 Å². The van der Waals surface area contributed by atoms with Crippen molar-refractivity contribution in [3.05, 3.63) is 0 Å². The van der Waals surface area contributed by atoms with E-state index in [0.29, 0.717) is 0 Å². The van der Waals surface area contributed by atoms with Crippen molar-refractivity contribution in [3.63, 3.8) is 0 Å². The summed E-state index contributed by atoms with van der Waals surface area (Å²) in [6.07, 6.45) is -3.76. The zero-order valence-electron chi connectivity index (χ0n) is 5.36. The molecule has 0 saturated carbocycles. The number of halogens is 3. The fourth-order valence-electron chi connectivity index (χ4n) is 0.327. The van der Waals surface area contributed by atoms with Crippen LogP contribution in [0.5, 0.6) is 0 Å². The van der Waals surface area contributed by atoms with Crippen molar-refractivity contribution in [2.45, 2.75) is 12.6 Å². The van der Waals surface area contributed by atoms with Gasteiger partial charge in [0.05, 0.1) is 0 Å². The zero-order chi connectivity index (χ0) is 8.91. The Morgan fingerprint density at radius 2 is 2.00 bits per heavy atom. The standard InChI is InChI=1S/C5H5F3NO2/c6-5(7,8)4(11)9-2-1-3-10/h1-2H2,(H,9,11). The van der Waals surface area contributed by atoms with Gasteiger partial charge in [0.1, 0.15) is 0 Å². The highest BCUT2D eigenvalue weighted by atomic mass is 19.4. The smallest absolute Gasteiger partial charge is 0.348 e. The Balaban J connectivity index is 3.62. The Bertz CT molecular complexity index is 154. The van der Waals surface area contributed by atoms with E-state index in [9.17, 15) is 22.8 Å². The molecule has 0 aromatic carbocycles. The van der Waals surface area contributed by atoms with Gasteiger partial charge in [-0.3, -0.25) is 9.59 Å². The van der Waals surface area contributed by atoms with E-state index in [-0.39, 0.29) is 13.0 Å². The van der Waals surface area contributed by atoms with Crippen LogP contribution in [-0.4, -0.2) is 24.9 Å². The topological polar surface area (TPSA) is 46.2 Å². The predicted molar refractivity (Wildman–Crippen MR) is 29.4 cm³/mol. The minimum absolute atomic E-state index is 0.234. The number of rotatable bonds is 3. The summed E-state index contributed by atoms with van der Waals surface area (Å²) in [6.45, 7) is -0.332. The molecule has 0 saturated heterocycles. The molecule has 1 N–H and O–H groups in total. The zero-order valence-corrected chi connectivity index (χ0v) is 5.36. The highest BCUT2D eigenvalue weighted by molar-refractivity contribution is 5.81. The average molecular weight is 168 g/mol. The molecule has 0 atom stereocenters. The lowest BCUT2D eigenvalue weighted by Gasteiger charge is -2.04. The molecule has 6 heteroatoms. The molecule has 0 aliphatic heterocycles. The van der Waals surface area contributed by atoms with E-state index >= 15 is 0 Å². The Hall–Kier alpha value is -1.07. The van der Waals surface area contributed by atoms with E-state index in [1.807, 2.05) is 0 Å². The van der Waals surface area contributed by atoms with Crippen LogP contribution in [0.3, 0.4) is 0 Å². The quantitative estimate of drug-likeness (QED) is 0.610. The minimum atomic E-state index is -4.87. The molecule has 0 heterocycles. The molecule has 0 unspecified atom stereocenters. The monoisotopic (exact) mass is 168 g/mol. The van der Waals surface area contributed by atoms with E-state index in [1.165, 1.54) is 11.6 Å². The summed E-state index contributed by atoms with van der Waals surface area (Å²) in [7, 11) is 0. The number of carbonyl (C=O) groups is 1. The molecule has 0 bridgehead atoms. The molecule has 0 aliphatic rings. The van der Waals surface area contributed by atoms with E-state index in [0.717, 1.165) is 0 Å². The normalized spacial score (nSPS) is 10.8. The average Bonchev–Trinajstić information content (AvgIpc) is 1.86. The van der Waals surface area contributed by atoms with Crippen molar-refractivity contribution in [3.8, 4) is 0 Å². The van der Waals surface area contributed by atoms with Crippen molar-refractivity contribution in [2.75, 3.05) is 6.54 Å². The Morgan fingerprint density at radius 1 is 1.45 bits per heavy atom. The number of nitrogens with one attached hydrogen (secondary N) is 1. The van der Waals surface area contributed by atoms with Crippen LogP contribution in [0, 0.1) is 0 Å². The molecule has 63 valence electrons. The van der Waals surface area contributed by atoms with Gasteiger partial charge in [-0.15, -0.1) is 0 Å². The first-order valence-electron chi connectivity index (χ1n) is 2.68. The van der Waals surface area contributed by atoms with E-state index in [2.05, 4.69) is 0 Å². The van der Waals surface area contributed by atoms with Crippen molar-refractivity contribution in [1.82, 2.24) is 5.32 Å². The third-order valence-corrected chi connectivity index (χ3v) is 0.770. The molecule has 11 heavy (non-hydrogen) atoms. The summed E-state index contributed by atoms with van der Waals surface area (Å²) in [4.78, 5) is 19.5. The van der Waals surface area contributed by atoms with E-state index < -0.39 is 12.1 Å². The van der Waals surface area contributed by atoms with Crippen LogP contribution in [0.1, 0.15) is 6.42 Å². The molecular weight excluding hydrogens is 163 g/mol. The molecule has 0 aromatic heterocycles. The van der Waals surface area contributed by atoms with Crippen LogP contribution in [0.15, 0.2) is 0 Å². The van der Waals surface area contributed by atoms with E-state index in [1.54, 1.807) is 0 Å². The third kappa shape index (κ3) is 4.35. The Morgan fingerprint density at radius 3 is 2.36 bits per heavy atom. The molecule has 0 rings (SSSR count). The molecule has 0 aliphatic carbocycles. The van der Waals surface area contributed by atoms with Crippen molar-refractivity contribution in [1.29, 1.82) is 0 Å². The number of alkyl halides is 3. The van der Waals surface area contributed by atoms with Gasteiger partial charge in [0.15, 0.2) is 6.29 Å². The second kappa shape index (κ2) is 3.95. The van der Waals surface area contributed by atoms with Crippen LogP contribution in [-0.2, 0) is 9.59 Å². The van der Waals surface area contributed by atoms with Crippen LogP contribution in [0.25, 0.3) is 0 Å². The molecule has 0 fully saturated rings. The first-order valence-corrected chi connectivity index (χ1v) is 2.68. The fraction of sp³-hybridized carbons (Fsp3) is 0.600. The van der Waals surface area contributed by atoms with Crippen LogP contribution in [0.2, 0.25) is 0 Å². The van der Waals surface area contributed by atoms with Gasteiger partial charge in [-0.2, -0.15) is 13.2 Å². The van der Waals surface area contributed by atoms with Gasteiger partial charge in [-0.1, -0.05) is 0 Å². The Labute approximate surface area is 60.6 Å². The first-order chi connectivity index (χ1) is 4.98. The number of hydrogen-bond donors (Lipinski definition) is 1. The first kappa shape index (κ1) is 9.93. The van der Waals surface area contributed by atoms with Crippen LogP contribution >= 0.6 is 0 Å². The van der Waals surface area contributed by atoms with Crippen molar-refractivity contribution < 1.29 is 22.8 Å². The van der Waals surface area contributed by atoms with E-state index in [4.69, 9.17) is 0 Å². The maximum absolute atomic E-state index is 11.4. The van der Waals surface area contributed by atoms with Gasteiger partial charge in [-0.25, -0.2) is 0 Å². The second-order valence-corrected chi connectivity index (χ2v) is 1.65. The van der Waals surface area contributed by atoms with Crippen molar-refractivity contribution in [2.24, 2.45) is 0 Å². The van der Waals surface area contributed by atoms with Crippen LogP contribution < -0.4 is 5.32 Å². The highest BCUT2D eigenvalue weighted by Gasteiger charge is 2.38. The second-order valence-electron chi connectivity index (χ2n) is 1.65. The fourth-order valence-corrected chi connectivity index (χ4v) is 0.327. The molecular formula is C5H5F3NO2. The summed E-state index contributed by atoms with van der Waals surface area (Å²) >= 11 is 0. The molecule has 1 radical (unpaired) electrons. The lowest BCUT2D eigenvalue weighted by Crippen LogP contribution is -2.37. The molecule has 0 spiro atoms. The summed E-state index contributed by atoms with van der Waals surface area (Å²) in [5.41, 5.74) is 0. The van der Waals surface area contributed by atoms with Gasteiger partial charge < -0.3 is 5.32 Å². The molecule has 1 amide bonds. The lowest BCUT2D eigenvalue weighted by atomic mass is 10.4. The molecule has 3 nitrogen and oxygen atoms in total. The number of amides is 1. The summed E-state index contributed by atoms with van der Waals surface area (Å²) < 4.78 is 34.1. The minimum Gasteiger partial charge on any atom is -0.348 e. The summed E-state index contributed by atoms with van der Waals surface area (Å²) in [5, 5.41) is 1.50. The largest absolute Gasteiger partial charge is 0.471 e. The van der Waals surface area contributed by atoms with Gasteiger partial charge in [0, 0.05) is 13.0 Å².